The molecule has 0 radical (unpaired) electrons. The van der Waals surface area contributed by atoms with Crippen LogP contribution in [-0.4, -0.2) is 29.1 Å². The molecule has 7 heteroatoms. The number of carbonyl (C=O) groups excluding carboxylic acids is 1. The number of nitrogens with zero attached hydrogens (tertiary/aromatic N) is 3. The van der Waals surface area contributed by atoms with E-state index < -0.39 is 5.91 Å². The molecule has 1 fully saturated rings. The molecule has 1 atom stereocenters. The summed E-state index contributed by atoms with van der Waals surface area (Å²) in [6, 6.07) is 5.69. The second kappa shape index (κ2) is 5.37. The quantitative estimate of drug-likeness (QED) is 0.940. The van der Waals surface area contributed by atoms with Gasteiger partial charge in [0.15, 0.2) is 0 Å². The van der Waals surface area contributed by atoms with Gasteiger partial charge < -0.3 is 15.2 Å². The van der Waals surface area contributed by atoms with E-state index in [1.54, 1.807) is 0 Å². The molecule has 2 aromatic rings. The van der Waals surface area contributed by atoms with Crippen LogP contribution in [0.15, 0.2) is 22.7 Å². The highest BCUT2D eigenvalue weighted by Gasteiger charge is 2.21. The lowest BCUT2D eigenvalue weighted by atomic mass is 10.1. The number of aromatic nitrogens is 2. The lowest BCUT2D eigenvalue weighted by Gasteiger charge is -2.18. The Labute approximate surface area is 126 Å². The number of rotatable bonds is 3. The van der Waals surface area contributed by atoms with Gasteiger partial charge in [-0.3, -0.25) is 4.79 Å². The van der Waals surface area contributed by atoms with E-state index in [2.05, 4.69) is 22.0 Å². The molecule has 0 aliphatic carbocycles. The zero-order valence-electron chi connectivity index (χ0n) is 11.5. The van der Waals surface area contributed by atoms with E-state index in [0.717, 1.165) is 18.8 Å². The maximum absolute atomic E-state index is 11.0. The number of hydrogen-bond acceptors (Lipinski definition) is 5. The summed E-state index contributed by atoms with van der Waals surface area (Å²) in [6.45, 7) is 4.30. The standard InChI is InChI=1S/C14H15ClN4O2/c1-8-4-5-19(7-8)9-2-3-10(11(15)6-9)13-17-14(12(16)20)21-18-13/h2-3,6,8H,4-5,7H2,1H3,(H2,16,20)/t8-/m1/s1. The number of carbonyl (C=O) groups is 1. The minimum Gasteiger partial charge on any atom is -0.371 e. The summed E-state index contributed by atoms with van der Waals surface area (Å²) in [4.78, 5) is 17.2. The molecule has 21 heavy (non-hydrogen) atoms. The van der Waals surface area contributed by atoms with Crippen molar-refractivity contribution in [1.82, 2.24) is 10.1 Å². The molecule has 1 aromatic heterocycles. The third-order valence-electron chi connectivity index (χ3n) is 3.62. The Balaban J connectivity index is 1.88. The fourth-order valence-electron chi connectivity index (χ4n) is 2.48. The number of benzene rings is 1. The van der Waals surface area contributed by atoms with Crippen LogP contribution in [0.2, 0.25) is 5.02 Å². The molecule has 0 bridgehead atoms. The van der Waals surface area contributed by atoms with E-state index in [4.69, 9.17) is 21.9 Å². The lowest BCUT2D eigenvalue weighted by Crippen LogP contribution is -2.18. The average molecular weight is 307 g/mol. The second-order valence-corrected chi connectivity index (χ2v) is 5.70. The Hall–Kier alpha value is -2.08. The fraction of sp³-hybridized carbons (Fsp3) is 0.357. The molecular formula is C14H15ClN4O2. The van der Waals surface area contributed by atoms with Gasteiger partial charge in [-0.2, -0.15) is 4.98 Å². The van der Waals surface area contributed by atoms with Gasteiger partial charge in [0.25, 0.3) is 0 Å². The van der Waals surface area contributed by atoms with Gasteiger partial charge in [-0.25, -0.2) is 0 Å². The molecule has 1 aliphatic heterocycles. The third-order valence-corrected chi connectivity index (χ3v) is 3.93. The first kappa shape index (κ1) is 13.9. The van der Waals surface area contributed by atoms with E-state index >= 15 is 0 Å². The number of amides is 1. The summed E-state index contributed by atoms with van der Waals surface area (Å²) < 4.78 is 4.77. The molecular weight excluding hydrogens is 292 g/mol. The predicted octanol–water partition coefficient (Wildman–Crippen LogP) is 2.34. The van der Waals surface area contributed by atoms with Crippen LogP contribution in [0.3, 0.4) is 0 Å². The molecule has 0 spiro atoms. The van der Waals surface area contributed by atoms with Crippen molar-refractivity contribution in [2.24, 2.45) is 11.7 Å². The minimum absolute atomic E-state index is 0.224. The Morgan fingerprint density at radius 3 is 2.90 bits per heavy atom. The van der Waals surface area contributed by atoms with E-state index in [1.165, 1.54) is 6.42 Å². The summed E-state index contributed by atoms with van der Waals surface area (Å²) in [5, 5.41) is 4.24. The van der Waals surface area contributed by atoms with E-state index in [1.807, 2.05) is 18.2 Å². The van der Waals surface area contributed by atoms with Crippen LogP contribution in [0, 0.1) is 5.92 Å². The van der Waals surface area contributed by atoms with Crippen LogP contribution in [-0.2, 0) is 0 Å². The summed E-state index contributed by atoms with van der Waals surface area (Å²) in [6.07, 6.45) is 1.19. The van der Waals surface area contributed by atoms with E-state index in [9.17, 15) is 4.79 Å². The van der Waals surface area contributed by atoms with Crippen LogP contribution in [0.25, 0.3) is 11.4 Å². The van der Waals surface area contributed by atoms with Gasteiger partial charge in [0.2, 0.25) is 5.82 Å². The Morgan fingerprint density at radius 1 is 1.52 bits per heavy atom. The molecule has 1 aliphatic rings. The fourth-order valence-corrected chi connectivity index (χ4v) is 2.74. The highest BCUT2D eigenvalue weighted by molar-refractivity contribution is 6.33. The number of nitrogens with two attached hydrogens (primary N) is 1. The van der Waals surface area contributed by atoms with Crippen molar-refractivity contribution in [2.75, 3.05) is 18.0 Å². The van der Waals surface area contributed by atoms with Crippen molar-refractivity contribution in [3.8, 4) is 11.4 Å². The maximum atomic E-state index is 11.0. The number of hydrogen-bond donors (Lipinski definition) is 1. The second-order valence-electron chi connectivity index (χ2n) is 5.29. The summed E-state index contributed by atoms with van der Waals surface area (Å²) >= 11 is 6.30. The average Bonchev–Trinajstić information content (AvgIpc) is 3.07. The smallest absolute Gasteiger partial charge is 0.316 e. The number of primary amides is 1. The SMILES string of the molecule is C[C@@H]1CCN(c2ccc(-c3noc(C(N)=O)n3)c(Cl)c2)C1. The van der Waals surface area contributed by atoms with Crippen LogP contribution in [0.4, 0.5) is 5.69 Å². The maximum Gasteiger partial charge on any atom is 0.316 e. The van der Waals surface area contributed by atoms with Crippen LogP contribution >= 0.6 is 11.6 Å². The van der Waals surface area contributed by atoms with Crippen molar-refractivity contribution in [1.29, 1.82) is 0 Å². The molecule has 1 saturated heterocycles. The highest BCUT2D eigenvalue weighted by atomic mass is 35.5. The molecule has 0 saturated carbocycles. The molecule has 1 aromatic carbocycles. The van der Waals surface area contributed by atoms with Crippen molar-refractivity contribution < 1.29 is 9.32 Å². The van der Waals surface area contributed by atoms with Crippen LogP contribution < -0.4 is 10.6 Å². The van der Waals surface area contributed by atoms with Crippen molar-refractivity contribution >= 4 is 23.2 Å². The van der Waals surface area contributed by atoms with Gasteiger partial charge in [-0.05, 0) is 30.5 Å². The molecule has 6 nitrogen and oxygen atoms in total. The van der Waals surface area contributed by atoms with E-state index in [-0.39, 0.29) is 11.7 Å². The zero-order valence-corrected chi connectivity index (χ0v) is 12.3. The Kier molecular flexibility index (Phi) is 3.55. The summed E-state index contributed by atoms with van der Waals surface area (Å²) in [5.41, 5.74) is 6.78. The van der Waals surface area contributed by atoms with Crippen molar-refractivity contribution in [3.05, 3.63) is 29.1 Å². The highest BCUT2D eigenvalue weighted by Crippen LogP contribution is 2.32. The summed E-state index contributed by atoms with van der Waals surface area (Å²) in [5.74, 6) is -0.0278. The first-order chi connectivity index (χ1) is 10.0. The molecule has 0 unspecified atom stereocenters. The largest absolute Gasteiger partial charge is 0.371 e. The topological polar surface area (TPSA) is 85.3 Å². The van der Waals surface area contributed by atoms with Gasteiger partial charge in [-0.1, -0.05) is 23.7 Å². The monoisotopic (exact) mass is 306 g/mol. The Bertz CT molecular complexity index is 685. The predicted molar refractivity (Wildman–Crippen MR) is 79.3 cm³/mol. The van der Waals surface area contributed by atoms with Crippen LogP contribution in [0.1, 0.15) is 24.0 Å². The van der Waals surface area contributed by atoms with Crippen molar-refractivity contribution in [2.45, 2.75) is 13.3 Å². The van der Waals surface area contributed by atoms with Gasteiger partial charge in [0, 0.05) is 24.3 Å². The first-order valence-corrected chi connectivity index (χ1v) is 7.11. The first-order valence-electron chi connectivity index (χ1n) is 6.73. The van der Waals surface area contributed by atoms with E-state index in [0.29, 0.717) is 16.5 Å². The molecule has 3 rings (SSSR count). The lowest BCUT2D eigenvalue weighted by molar-refractivity contribution is 0.0958. The molecule has 2 heterocycles. The van der Waals surface area contributed by atoms with Crippen LogP contribution in [0.5, 0.6) is 0 Å². The van der Waals surface area contributed by atoms with Gasteiger partial charge >= 0.3 is 11.8 Å². The van der Waals surface area contributed by atoms with Gasteiger partial charge in [0.05, 0.1) is 5.02 Å². The minimum atomic E-state index is -0.757. The normalized spacial score (nSPS) is 18.2. The van der Waals surface area contributed by atoms with Gasteiger partial charge in [0.1, 0.15) is 0 Å². The third kappa shape index (κ3) is 2.71. The number of anilines is 1. The number of halogens is 1. The van der Waals surface area contributed by atoms with Gasteiger partial charge in [-0.15, -0.1) is 0 Å². The Morgan fingerprint density at radius 2 is 2.33 bits per heavy atom. The summed E-state index contributed by atoms with van der Waals surface area (Å²) in [7, 11) is 0. The van der Waals surface area contributed by atoms with Crippen molar-refractivity contribution in [3.63, 3.8) is 0 Å². The molecule has 2 N–H and O–H groups in total. The zero-order chi connectivity index (χ0) is 15.0. The molecule has 110 valence electrons. The molecule has 1 amide bonds.